The minimum Gasteiger partial charge on any atom is -0.534 e. The minimum atomic E-state index is -1.98. The molecule has 6 amide bonds. The van der Waals surface area contributed by atoms with E-state index >= 15 is 0 Å². The zero-order valence-electron chi connectivity index (χ0n) is 27.8. The fraction of sp³-hybridized carbons (Fsp3) is 0.303. The van der Waals surface area contributed by atoms with Crippen LogP contribution in [0.1, 0.15) is 50.7 Å². The molecule has 0 spiro atoms. The molecule has 3 aromatic rings. The van der Waals surface area contributed by atoms with Gasteiger partial charge < -0.3 is 50.5 Å². The summed E-state index contributed by atoms with van der Waals surface area (Å²) in [5.74, 6) is -11.7. The van der Waals surface area contributed by atoms with Crippen LogP contribution >= 0.6 is 11.6 Å². The summed E-state index contributed by atoms with van der Waals surface area (Å²) in [6.45, 7) is 0.293. The maximum atomic E-state index is 14.7. The highest BCUT2D eigenvalue weighted by Gasteiger charge is 2.43. The Morgan fingerprint density at radius 1 is 0.926 bits per heavy atom. The number of carboxylic acid groups (broad SMARTS) is 1. The summed E-state index contributed by atoms with van der Waals surface area (Å²) in [7, 11) is -1.95. The molecular formula is C33H30BClF3N5O11. The van der Waals surface area contributed by atoms with Crippen LogP contribution in [-0.2, 0) is 11.2 Å². The van der Waals surface area contributed by atoms with Gasteiger partial charge in [-0.05, 0) is 55.2 Å². The summed E-state index contributed by atoms with van der Waals surface area (Å²) in [6, 6.07) is 1.50. The van der Waals surface area contributed by atoms with E-state index in [2.05, 4.69) is 10.6 Å². The number of benzene rings is 3. The molecule has 3 heterocycles. The van der Waals surface area contributed by atoms with Gasteiger partial charge in [-0.1, -0.05) is 17.7 Å². The van der Waals surface area contributed by atoms with Crippen LogP contribution in [0.3, 0.4) is 0 Å². The van der Waals surface area contributed by atoms with E-state index in [1.54, 1.807) is 0 Å². The minimum absolute atomic E-state index is 0.0624. The number of carbonyl (C=O) groups excluding carboxylic acids is 4. The van der Waals surface area contributed by atoms with Crippen LogP contribution in [0.25, 0.3) is 0 Å². The van der Waals surface area contributed by atoms with Gasteiger partial charge in [-0.15, -0.1) is 0 Å². The summed E-state index contributed by atoms with van der Waals surface area (Å²) in [6.07, 6.45) is 0.313. The Labute approximate surface area is 308 Å². The van der Waals surface area contributed by atoms with Crippen LogP contribution in [0, 0.1) is 17.5 Å². The summed E-state index contributed by atoms with van der Waals surface area (Å²) in [4.78, 5) is 69.0. The Bertz CT molecular complexity index is 2070. The lowest BCUT2D eigenvalue weighted by Crippen LogP contribution is -2.56. The number of fused-ring (bicyclic) bond motifs is 1. The second-order valence-electron chi connectivity index (χ2n) is 12.7. The SMILES string of the molecule is O=C(O)c1c(F)ccc2c1OB(O)[C@@H](NC(=O)[C@@H](NC(=O)N1CCN(C3CCN(C(=O)c4ccc(F)c(O)c4)CC3)C1=O)c1cc(F)c(O)c(O)c1Cl)C2. The van der Waals surface area contributed by atoms with Gasteiger partial charge in [-0.2, -0.15) is 0 Å². The number of aromatic hydroxyl groups is 3. The van der Waals surface area contributed by atoms with E-state index in [-0.39, 0.29) is 43.7 Å². The third-order valence-electron chi connectivity index (χ3n) is 9.46. The van der Waals surface area contributed by atoms with Crippen LogP contribution in [0.15, 0.2) is 36.4 Å². The number of hydrogen-bond donors (Lipinski definition) is 7. The molecule has 0 radical (unpaired) electrons. The van der Waals surface area contributed by atoms with Crippen LogP contribution < -0.4 is 15.3 Å². The standard InChI is InChI=1S/C33H30BClF3N5O11/c35-24-17(13-20(38)26(45)27(24)46)25(29(47)39-22-12-14-1-4-19(37)23(31(49)50)28(14)54-34(22)53)40-32(51)43-10-9-42(33(43)52)16-5-7-41(8-6-16)30(48)15-2-3-18(36)21(44)11-15/h1-4,11,13,16,22,25,44-46,53H,5-10,12H2,(H,39,47)(H,40,51)(H,49,50)/t22-,25-/m0/s1. The normalized spacial score (nSPS) is 17.9. The van der Waals surface area contributed by atoms with E-state index in [1.165, 1.54) is 21.9 Å². The van der Waals surface area contributed by atoms with Crippen molar-refractivity contribution in [3.05, 3.63) is 81.1 Å². The van der Waals surface area contributed by atoms with E-state index in [9.17, 15) is 62.6 Å². The Balaban J connectivity index is 1.17. The average molecular weight is 776 g/mol. The number of rotatable bonds is 7. The largest absolute Gasteiger partial charge is 0.547 e. The van der Waals surface area contributed by atoms with Gasteiger partial charge in [0.25, 0.3) is 5.91 Å². The molecule has 0 bridgehead atoms. The summed E-state index contributed by atoms with van der Waals surface area (Å²) >= 11 is 6.17. The molecule has 0 saturated carbocycles. The molecule has 2 saturated heterocycles. The van der Waals surface area contributed by atoms with Gasteiger partial charge in [0, 0.05) is 43.3 Å². The van der Waals surface area contributed by atoms with E-state index in [4.69, 9.17) is 16.3 Å². The smallest absolute Gasteiger partial charge is 0.534 e. The van der Waals surface area contributed by atoms with Crippen molar-refractivity contribution in [2.75, 3.05) is 26.2 Å². The van der Waals surface area contributed by atoms with Crippen LogP contribution in [0.5, 0.6) is 23.0 Å². The number of phenolic OH excluding ortho intramolecular Hbond substituents is 3. The molecule has 2 atom stereocenters. The highest BCUT2D eigenvalue weighted by molar-refractivity contribution is 6.47. The summed E-state index contributed by atoms with van der Waals surface area (Å²) in [5.41, 5.74) is -1.25. The molecule has 3 aliphatic heterocycles. The van der Waals surface area contributed by atoms with Crippen molar-refractivity contribution in [2.45, 2.75) is 37.3 Å². The zero-order chi connectivity index (χ0) is 39.2. The monoisotopic (exact) mass is 775 g/mol. The van der Waals surface area contributed by atoms with Gasteiger partial charge >= 0.3 is 25.1 Å². The topological polar surface area (TPSA) is 230 Å². The number of carbonyl (C=O) groups is 5. The lowest BCUT2D eigenvalue weighted by Gasteiger charge is -2.36. The number of nitrogens with one attached hydrogen (secondary N) is 2. The number of hydrogen-bond acceptors (Lipinski definition) is 10. The van der Waals surface area contributed by atoms with Crippen molar-refractivity contribution >= 4 is 48.6 Å². The van der Waals surface area contributed by atoms with Crippen LogP contribution in [0.4, 0.5) is 22.8 Å². The first-order valence-electron chi connectivity index (χ1n) is 16.3. The first-order valence-corrected chi connectivity index (χ1v) is 16.7. The highest BCUT2D eigenvalue weighted by atomic mass is 35.5. The van der Waals surface area contributed by atoms with Gasteiger partial charge in [0.1, 0.15) is 23.2 Å². The predicted octanol–water partition coefficient (Wildman–Crippen LogP) is 2.51. The number of phenols is 3. The zero-order valence-corrected chi connectivity index (χ0v) is 28.5. The quantitative estimate of drug-likeness (QED) is 0.136. The fourth-order valence-corrected chi connectivity index (χ4v) is 6.89. The summed E-state index contributed by atoms with van der Waals surface area (Å²) < 4.78 is 47.6. The van der Waals surface area contributed by atoms with Gasteiger partial charge in [-0.25, -0.2) is 32.5 Å². The van der Waals surface area contributed by atoms with Crippen LogP contribution in [0.2, 0.25) is 5.02 Å². The number of piperidine rings is 1. The molecule has 2 fully saturated rings. The molecule has 3 aromatic carbocycles. The van der Waals surface area contributed by atoms with E-state index in [1.807, 2.05) is 0 Å². The number of halogens is 4. The van der Waals surface area contributed by atoms with Crippen LogP contribution in [-0.4, -0.2) is 115 Å². The van der Waals surface area contributed by atoms with Crippen molar-refractivity contribution in [1.82, 2.24) is 25.3 Å². The first kappa shape index (κ1) is 37.9. The fourth-order valence-electron chi connectivity index (χ4n) is 6.63. The molecule has 0 aromatic heterocycles. The number of urea groups is 2. The highest BCUT2D eigenvalue weighted by Crippen LogP contribution is 2.41. The lowest BCUT2D eigenvalue weighted by atomic mass is 9.72. The molecule has 284 valence electrons. The van der Waals surface area contributed by atoms with E-state index < -0.39 is 112 Å². The summed E-state index contributed by atoms with van der Waals surface area (Å²) in [5, 5.41) is 53.7. The van der Waals surface area contributed by atoms with Gasteiger partial charge in [0.15, 0.2) is 28.9 Å². The van der Waals surface area contributed by atoms with Crippen molar-refractivity contribution in [3.63, 3.8) is 0 Å². The van der Waals surface area contributed by atoms with Gasteiger partial charge in [0.2, 0.25) is 5.91 Å². The van der Waals surface area contributed by atoms with Crippen molar-refractivity contribution in [3.8, 4) is 23.0 Å². The van der Waals surface area contributed by atoms with Gasteiger partial charge in [-0.3, -0.25) is 9.59 Å². The number of carboxylic acids is 1. The first-order chi connectivity index (χ1) is 25.6. The van der Waals surface area contributed by atoms with Crippen molar-refractivity contribution in [2.24, 2.45) is 0 Å². The second kappa shape index (κ2) is 14.9. The maximum absolute atomic E-state index is 14.7. The molecular weight excluding hydrogens is 746 g/mol. The number of likely N-dealkylation sites (tertiary alicyclic amines) is 1. The molecule has 0 aliphatic carbocycles. The number of aromatic carboxylic acids is 1. The lowest BCUT2D eigenvalue weighted by molar-refractivity contribution is -0.123. The number of nitrogens with zero attached hydrogens (tertiary/aromatic N) is 3. The molecule has 6 rings (SSSR count). The van der Waals surface area contributed by atoms with Gasteiger partial charge in [0.05, 0.1) is 11.0 Å². The third kappa shape index (κ3) is 7.08. The molecule has 7 N–H and O–H groups in total. The predicted molar refractivity (Wildman–Crippen MR) is 179 cm³/mol. The molecule has 3 aliphatic rings. The number of amides is 6. The Hall–Kier alpha value is -5.89. The second-order valence-corrected chi connectivity index (χ2v) is 13.1. The molecule has 16 nitrogen and oxygen atoms in total. The van der Waals surface area contributed by atoms with Crippen molar-refractivity contribution < 1.29 is 67.2 Å². The number of imide groups is 1. The van der Waals surface area contributed by atoms with E-state index in [0.29, 0.717) is 18.9 Å². The maximum Gasteiger partial charge on any atom is 0.547 e. The van der Waals surface area contributed by atoms with Crippen molar-refractivity contribution in [1.29, 1.82) is 0 Å². The average Bonchev–Trinajstić information content (AvgIpc) is 3.53. The molecule has 0 unspecified atom stereocenters. The van der Waals surface area contributed by atoms with E-state index in [0.717, 1.165) is 23.1 Å². The third-order valence-corrected chi connectivity index (χ3v) is 9.86. The molecule has 21 heteroatoms. The Morgan fingerprint density at radius 3 is 2.28 bits per heavy atom. The molecule has 54 heavy (non-hydrogen) atoms. The Morgan fingerprint density at radius 2 is 1.61 bits per heavy atom. The Kier molecular flexibility index (Phi) is 10.4.